The minimum Gasteiger partial charge on any atom is -0.496 e. The molecule has 0 radical (unpaired) electrons. The van der Waals surface area contributed by atoms with Gasteiger partial charge in [0.25, 0.3) is 5.91 Å². The molecule has 25 heavy (non-hydrogen) atoms. The summed E-state index contributed by atoms with van der Waals surface area (Å²) in [4.78, 5) is 24.0. The third-order valence-corrected chi connectivity index (χ3v) is 3.49. The quantitative estimate of drug-likeness (QED) is 0.645. The molecular formula is C20H21NO4. The Labute approximate surface area is 147 Å². The molecule has 0 spiro atoms. The van der Waals surface area contributed by atoms with E-state index < -0.39 is 12.1 Å². The lowest BCUT2D eigenvalue weighted by Gasteiger charge is -2.12. The minimum absolute atomic E-state index is 0.385. The lowest BCUT2D eigenvalue weighted by molar-refractivity contribution is -0.148. The van der Waals surface area contributed by atoms with E-state index in [1.54, 1.807) is 25.3 Å². The number of nitrogens with one attached hydrogen (secondary N) is 1. The monoisotopic (exact) mass is 339 g/mol. The molecule has 2 aromatic rings. The average Bonchev–Trinajstić information content (AvgIpc) is 2.60. The van der Waals surface area contributed by atoms with Crippen LogP contribution in [0.2, 0.25) is 0 Å². The second kappa shape index (κ2) is 8.68. The van der Waals surface area contributed by atoms with E-state index >= 15 is 0 Å². The van der Waals surface area contributed by atoms with Gasteiger partial charge < -0.3 is 14.8 Å². The van der Waals surface area contributed by atoms with Gasteiger partial charge in [-0.25, -0.2) is 4.79 Å². The highest BCUT2D eigenvalue weighted by atomic mass is 16.5. The smallest absolute Gasteiger partial charge is 0.331 e. The molecule has 2 aromatic carbocycles. The van der Waals surface area contributed by atoms with Crippen LogP contribution in [-0.2, 0) is 14.3 Å². The van der Waals surface area contributed by atoms with Gasteiger partial charge in [-0.1, -0.05) is 30.3 Å². The van der Waals surface area contributed by atoms with Crippen molar-refractivity contribution in [1.82, 2.24) is 0 Å². The Hall–Kier alpha value is -3.08. The van der Waals surface area contributed by atoms with Crippen LogP contribution in [0.1, 0.15) is 18.1 Å². The maximum atomic E-state index is 12.1. The average molecular weight is 339 g/mol. The highest BCUT2D eigenvalue weighted by molar-refractivity contribution is 5.96. The fraction of sp³-hybridized carbons (Fsp3) is 0.200. The summed E-state index contributed by atoms with van der Waals surface area (Å²) in [6, 6.07) is 14.7. The summed E-state index contributed by atoms with van der Waals surface area (Å²) in [5.41, 5.74) is 2.44. The molecular weight excluding hydrogens is 318 g/mol. The highest BCUT2D eigenvalue weighted by Gasteiger charge is 2.16. The van der Waals surface area contributed by atoms with Crippen LogP contribution in [0.5, 0.6) is 5.75 Å². The van der Waals surface area contributed by atoms with Gasteiger partial charge >= 0.3 is 5.97 Å². The number of carbonyl (C=O) groups excluding carboxylic acids is 2. The first kappa shape index (κ1) is 18.3. The normalized spacial score (nSPS) is 11.8. The van der Waals surface area contributed by atoms with Crippen LogP contribution in [0.3, 0.4) is 0 Å². The molecule has 1 N–H and O–H groups in total. The Morgan fingerprint density at radius 3 is 2.60 bits per heavy atom. The predicted molar refractivity (Wildman–Crippen MR) is 97.4 cm³/mol. The van der Waals surface area contributed by atoms with Crippen molar-refractivity contribution in [3.8, 4) is 5.75 Å². The maximum Gasteiger partial charge on any atom is 0.331 e. The molecule has 0 aliphatic carbocycles. The van der Waals surface area contributed by atoms with Gasteiger partial charge in [-0.05, 0) is 43.7 Å². The van der Waals surface area contributed by atoms with Gasteiger partial charge in [0.2, 0.25) is 0 Å². The Morgan fingerprint density at radius 1 is 1.12 bits per heavy atom. The first-order chi connectivity index (χ1) is 12.0. The van der Waals surface area contributed by atoms with E-state index in [0.717, 1.165) is 11.1 Å². The summed E-state index contributed by atoms with van der Waals surface area (Å²) in [5, 5.41) is 2.72. The SMILES string of the molecule is COc1ccccc1/C=C/C(=O)O[C@H](C)C(=O)Nc1cccc(C)c1. The number of methoxy groups -OCH3 is 1. The van der Waals surface area contributed by atoms with E-state index in [2.05, 4.69) is 5.32 Å². The number of esters is 1. The fourth-order valence-electron chi connectivity index (χ4n) is 2.20. The zero-order valence-electron chi connectivity index (χ0n) is 14.5. The van der Waals surface area contributed by atoms with Crippen molar-refractivity contribution in [2.75, 3.05) is 12.4 Å². The topological polar surface area (TPSA) is 64.6 Å². The summed E-state index contributed by atoms with van der Waals surface area (Å²) in [6.07, 6.45) is 1.95. The Kier molecular flexibility index (Phi) is 6.34. The molecule has 0 fully saturated rings. The molecule has 5 nitrogen and oxygen atoms in total. The summed E-state index contributed by atoms with van der Waals surface area (Å²) >= 11 is 0. The second-order valence-corrected chi connectivity index (χ2v) is 5.51. The molecule has 0 saturated carbocycles. The third-order valence-electron chi connectivity index (χ3n) is 3.49. The Morgan fingerprint density at radius 2 is 1.88 bits per heavy atom. The van der Waals surface area contributed by atoms with E-state index in [4.69, 9.17) is 9.47 Å². The largest absolute Gasteiger partial charge is 0.496 e. The van der Waals surface area contributed by atoms with E-state index in [-0.39, 0.29) is 5.91 Å². The number of carbonyl (C=O) groups is 2. The lowest BCUT2D eigenvalue weighted by atomic mass is 10.2. The number of ether oxygens (including phenoxy) is 2. The summed E-state index contributed by atoms with van der Waals surface area (Å²) in [6.45, 7) is 3.46. The zero-order valence-corrected chi connectivity index (χ0v) is 14.5. The van der Waals surface area contributed by atoms with Crippen LogP contribution in [0, 0.1) is 6.92 Å². The van der Waals surface area contributed by atoms with Crippen LogP contribution in [0.25, 0.3) is 6.08 Å². The van der Waals surface area contributed by atoms with Crippen LogP contribution in [-0.4, -0.2) is 25.1 Å². The van der Waals surface area contributed by atoms with E-state index in [1.165, 1.54) is 13.0 Å². The Balaban J connectivity index is 1.93. The van der Waals surface area contributed by atoms with Gasteiger partial charge in [0.05, 0.1) is 7.11 Å². The van der Waals surface area contributed by atoms with Crippen molar-refractivity contribution >= 4 is 23.6 Å². The first-order valence-corrected chi connectivity index (χ1v) is 7.89. The van der Waals surface area contributed by atoms with Gasteiger partial charge in [-0.3, -0.25) is 4.79 Å². The number of rotatable bonds is 6. The fourth-order valence-corrected chi connectivity index (χ4v) is 2.20. The number of para-hydroxylation sites is 1. The summed E-state index contributed by atoms with van der Waals surface area (Å²) < 4.78 is 10.3. The van der Waals surface area contributed by atoms with Crippen LogP contribution < -0.4 is 10.1 Å². The molecule has 0 aliphatic heterocycles. The van der Waals surface area contributed by atoms with Gasteiger partial charge in [0.15, 0.2) is 6.10 Å². The molecule has 0 heterocycles. The van der Waals surface area contributed by atoms with E-state index in [0.29, 0.717) is 11.4 Å². The van der Waals surface area contributed by atoms with Gasteiger partial charge in [-0.15, -0.1) is 0 Å². The van der Waals surface area contributed by atoms with Gasteiger partial charge in [-0.2, -0.15) is 0 Å². The third kappa shape index (κ3) is 5.49. The van der Waals surface area contributed by atoms with Crippen LogP contribution in [0.4, 0.5) is 5.69 Å². The van der Waals surface area contributed by atoms with Crippen molar-refractivity contribution in [3.63, 3.8) is 0 Å². The van der Waals surface area contributed by atoms with Gasteiger partial charge in [0, 0.05) is 17.3 Å². The number of amides is 1. The zero-order chi connectivity index (χ0) is 18.2. The van der Waals surface area contributed by atoms with Crippen molar-refractivity contribution < 1.29 is 19.1 Å². The van der Waals surface area contributed by atoms with Crippen molar-refractivity contribution in [2.24, 2.45) is 0 Å². The van der Waals surface area contributed by atoms with Crippen molar-refractivity contribution in [2.45, 2.75) is 20.0 Å². The minimum atomic E-state index is -0.907. The molecule has 5 heteroatoms. The molecule has 0 unspecified atom stereocenters. The molecule has 0 bridgehead atoms. The molecule has 130 valence electrons. The predicted octanol–water partition coefficient (Wildman–Crippen LogP) is 3.59. The molecule has 1 amide bonds. The second-order valence-electron chi connectivity index (χ2n) is 5.51. The van der Waals surface area contributed by atoms with E-state index in [1.807, 2.05) is 43.3 Å². The molecule has 0 saturated heterocycles. The molecule has 2 rings (SSSR count). The number of hydrogen-bond acceptors (Lipinski definition) is 4. The molecule has 0 aliphatic rings. The summed E-state index contributed by atoms with van der Waals surface area (Å²) in [7, 11) is 1.56. The van der Waals surface area contributed by atoms with Crippen LogP contribution in [0.15, 0.2) is 54.6 Å². The van der Waals surface area contributed by atoms with Gasteiger partial charge in [0.1, 0.15) is 5.75 Å². The summed E-state index contributed by atoms with van der Waals surface area (Å²) in [5.74, 6) is -0.334. The van der Waals surface area contributed by atoms with Crippen molar-refractivity contribution in [1.29, 1.82) is 0 Å². The van der Waals surface area contributed by atoms with E-state index in [9.17, 15) is 9.59 Å². The number of anilines is 1. The lowest BCUT2D eigenvalue weighted by Crippen LogP contribution is -2.29. The molecule has 0 aromatic heterocycles. The van der Waals surface area contributed by atoms with Crippen molar-refractivity contribution in [3.05, 3.63) is 65.7 Å². The standard InChI is InChI=1S/C20H21NO4/c1-14-7-6-9-17(13-14)21-20(23)15(2)25-19(22)12-11-16-8-4-5-10-18(16)24-3/h4-13,15H,1-3H3,(H,21,23)/b12-11+/t15-/m1/s1. The molecule has 1 atom stereocenters. The first-order valence-electron chi connectivity index (χ1n) is 7.89. The highest BCUT2D eigenvalue weighted by Crippen LogP contribution is 2.18. The van der Waals surface area contributed by atoms with Crippen LogP contribution >= 0.6 is 0 Å². The Bertz CT molecular complexity index is 783. The maximum absolute atomic E-state index is 12.1. The number of hydrogen-bond donors (Lipinski definition) is 1. The number of aryl methyl sites for hydroxylation is 1. The number of benzene rings is 2.